The molecule has 1 heterocycles. The standard InChI is InChI=1S/C13H14N4O2S/c1-10(20(2,18)19)16-13(7-8-14)17-12-6-4-3-5-11(12)9-15-17/h3-9H,1,14H2,2H3/b8-7-,16-13+. The normalized spacial score (nSPS) is 13.2. The number of benzene rings is 1. The van der Waals surface area contributed by atoms with Gasteiger partial charge in [-0.15, -0.1) is 0 Å². The molecule has 0 saturated heterocycles. The van der Waals surface area contributed by atoms with Gasteiger partial charge in [0.1, 0.15) is 5.03 Å². The molecule has 2 aromatic rings. The van der Waals surface area contributed by atoms with E-state index in [4.69, 9.17) is 5.73 Å². The third-order valence-electron chi connectivity index (χ3n) is 2.61. The number of allylic oxidation sites excluding steroid dienone is 1. The molecule has 0 radical (unpaired) electrons. The predicted octanol–water partition coefficient (Wildman–Crippen LogP) is 1.27. The molecule has 0 aliphatic carbocycles. The Morgan fingerprint density at radius 2 is 2.15 bits per heavy atom. The van der Waals surface area contributed by atoms with Gasteiger partial charge in [-0.25, -0.2) is 18.1 Å². The third kappa shape index (κ3) is 2.77. The molecule has 2 rings (SSSR count). The van der Waals surface area contributed by atoms with E-state index in [9.17, 15) is 8.42 Å². The van der Waals surface area contributed by atoms with Crippen LogP contribution in [0.1, 0.15) is 0 Å². The van der Waals surface area contributed by atoms with Gasteiger partial charge in [0.25, 0.3) is 0 Å². The van der Waals surface area contributed by atoms with Crippen LogP contribution in [-0.2, 0) is 9.84 Å². The topological polar surface area (TPSA) is 90.3 Å². The van der Waals surface area contributed by atoms with Gasteiger partial charge in [0.05, 0.1) is 11.7 Å². The summed E-state index contributed by atoms with van der Waals surface area (Å²) in [6.07, 6.45) is 5.45. The van der Waals surface area contributed by atoms with Crippen LogP contribution in [0.3, 0.4) is 0 Å². The highest BCUT2D eigenvalue weighted by Gasteiger charge is 2.11. The molecule has 0 aliphatic rings. The number of hydrogen-bond acceptors (Lipinski definition) is 5. The summed E-state index contributed by atoms with van der Waals surface area (Å²) >= 11 is 0. The van der Waals surface area contributed by atoms with Gasteiger partial charge >= 0.3 is 0 Å². The van der Waals surface area contributed by atoms with Gasteiger partial charge in [-0.3, -0.25) is 0 Å². The maximum absolute atomic E-state index is 11.4. The van der Waals surface area contributed by atoms with Crippen molar-refractivity contribution in [2.75, 3.05) is 6.26 Å². The molecule has 0 atom stereocenters. The average molecular weight is 290 g/mol. The van der Waals surface area contributed by atoms with Gasteiger partial charge < -0.3 is 5.73 Å². The molecule has 0 bridgehead atoms. The van der Waals surface area contributed by atoms with E-state index >= 15 is 0 Å². The van der Waals surface area contributed by atoms with Crippen LogP contribution in [0.4, 0.5) is 0 Å². The van der Waals surface area contributed by atoms with Crippen LogP contribution >= 0.6 is 0 Å². The number of aliphatic imine (C=N–C) groups is 1. The summed E-state index contributed by atoms with van der Waals surface area (Å²) in [6, 6.07) is 7.49. The highest BCUT2D eigenvalue weighted by molar-refractivity contribution is 7.94. The number of rotatable bonds is 3. The second-order valence-electron chi connectivity index (χ2n) is 4.11. The van der Waals surface area contributed by atoms with E-state index < -0.39 is 9.84 Å². The molecule has 0 amide bonds. The summed E-state index contributed by atoms with van der Waals surface area (Å²) < 4.78 is 24.3. The fraction of sp³-hybridized carbons (Fsp3) is 0.0769. The second-order valence-corrected chi connectivity index (χ2v) is 6.13. The molecular weight excluding hydrogens is 276 g/mol. The lowest BCUT2D eigenvalue weighted by atomic mass is 10.2. The first kappa shape index (κ1) is 14.0. The molecule has 6 nitrogen and oxygen atoms in total. The summed E-state index contributed by atoms with van der Waals surface area (Å²) in [5, 5.41) is 4.86. The molecule has 0 unspecified atom stereocenters. The molecule has 1 aromatic heterocycles. The van der Waals surface area contributed by atoms with Crippen LogP contribution in [0.5, 0.6) is 0 Å². The molecule has 7 heteroatoms. The van der Waals surface area contributed by atoms with E-state index in [0.717, 1.165) is 17.2 Å². The Morgan fingerprint density at radius 3 is 2.80 bits per heavy atom. The minimum absolute atomic E-state index is 0.245. The zero-order chi connectivity index (χ0) is 14.8. The average Bonchev–Trinajstić information content (AvgIpc) is 2.80. The largest absolute Gasteiger partial charge is 0.404 e. The highest BCUT2D eigenvalue weighted by atomic mass is 32.2. The lowest BCUT2D eigenvalue weighted by Gasteiger charge is -2.04. The lowest BCUT2D eigenvalue weighted by Crippen LogP contribution is -2.13. The summed E-state index contributed by atoms with van der Waals surface area (Å²) in [7, 11) is -3.46. The van der Waals surface area contributed by atoms with Crippen LogP contribution in [0.2, 0.25) is 0 Å². The van der Waals surface area contributed by atoms with Gasteiger partial charge in [0.15, 0.2) is 15.7 Å². The molecule has 2 N–H and O–H groups in total. The number of nitrogens with two attached hydrogens (primary N) is 1. The summed E-state index contributed by atoms with van der Waals surface area (Å²) in [5.74, 6) is 0.282. The first-order chi connectivity index (χ1) is 9.43. The smallest absolute Gasteiger partial charge is 0.192 e. The van der Waals surface area contributed by atoms with Crippen LogP contribution in [0, 0.1) is 0 Å². The predicted molar refractivity (Wildman–Crippen MR) is 79.9 cm³/mol. The Kier molecular flexibility index (Phi) is 3.71. The van der Waals surface area contributed by atoms with Crippen LogP contribution < -0.4 is 5.73 Å². The minimum Gasteiger partial charge on any atom is -0.404 e. The van der Waals surface area contributed by atoms with Crippen molar-refractivity contribution in [3.05, 3.63) is 54.3 Å². The first-order valence-electron chi connectivity index (χ1n) is 5.72. The van der Waals surface area contributed by atoms with Crippen molar-refractivity contribution in [1.82, 2.24) is 9.78 Å². The van der Waals surface area contributed by atoms with Gasteiger partial charge in [0.2, 0.25) is 0 Å². The first-order valence-corrected chi connectivity index (χ1v) is 7.61. The van der Waals surface area contributed by atoms with Gasteiger partial charge in [-0.2, -0.15) is 5.10 Å². The number of fused-ring (bicyclic) bond motifs is 1. The Bertz CT molecular complexity index is 816. The zero-order valence-corrected chi connectivity index (χ0v) is 11.7. The van der Waals surface area contributed by atoms with Gasteiger partial charge in [-0.05, 0) is 18.3 Å². The minimum atomic E-state index is -3.46. The molecule has 0 saturated carbocycles. The van der Waals surface area contributed by atoms with Crippen molar-refractivity contribution in [3.8, 4) is 0 Å². The van der Waals surface area contributed by atoms with E-state index in [1.54, 1.807) is 6.20 Å². The number of aromatic nitrogens is 2. The monoisotopic (exact) mass is 290 g/mol. The maximum atomic E-state index is 11.4. The summed E-state index contributed by atoms with van der Waals surface area (Å²) in [5.41, 5.74) is 6.18. The van der Waals surface area contributed by atoms with E-state index in [0.29, 0.717) is 0 Å². The number of para-hydroxylation sites is 1. The fourth-order valence-electron chi connectivity index (χ4n) is 1.61. The van der Waals surface area contributed by atoms with Gasteiger partial charge in [0, 0.05) is 11.6 Å². The molecule has 0 aliphatic heterocycles. The second kappa shape index (κ2) is 5.30. The van der Waals surface area contributed by atoms with E-state index in [1.165, 1.54) is 17.0 Å². The Labute approximate surface area is 116 Å². The Morgan fingerprint density at radius 1 is 1.45 bits per heavy atom. The van der Waals surface area contributed by atoms with Crippen molar-refractivity contribution in [1.29, 1.82) is 0 Å². The Hall–Kier alpha value is -2.41. The van der Waals surface area contributed by atoms with Crippen molar-refractivity contribution in [2.24, 2.45) is 10.7 Å². The van der Waals surface area contributed by atoms with Crippen LogP contribution in [0.15, 0.2) is 59.3 Å². The van der Waals surface area contributed by atoms with Crippen molar-refractivity contribution < 1.29 is 8.42 Å². The number of nitrogens with zero attached hydrogens (tertiary/aromatic N) is 3. The lowest BCUT2D eigenvalue weighted by molar-refractivity contribution is 0.607. The summed E-state index contributed by atoms with van der Waals surface area (Å²) in [6.45, 7) is 3.45. The van der Waals surface area contributed by atoms with E-state index in [2.05, 4.69) is 16.7 Å². The van der Waals surface area contributed by atoms with Crippen molar-refractivity contribution >= 4 is 26.6 Å². The molecule has 104 valence electrons. The SMILES string of the molecule is C=C(/N=C(\C=C/N)n1ncc2ccccc21)S(C)(=O)=O. The van der Waals surface area contributed by atoms with E-state index in [-0.39, 0.29) is 10.9 Å². The van der Waals surface area contributed by atoms with Crippen molar-refractivity contribution in [3.63, 3.8) is 0 Å². The summed E-state index contributed by atoms with van der Waals surface area (Å²) in [4.78, 5) is 4.00. The molecule has 0 spiro atoms. The quantitative estimate of drug-likeness (QED) is 0.681. The van der Waals surface area contributed by atoms with Crippen LogP contribution in [0.25, 0.3) is 10.9 Å². The molecular formula is C13H14N4O2S. The number of hydrogen-bond donors (Lipinski definition) is 1. The molecule has 1 aromatic carbocycles. The van der Waals surface area contributed by atoms with Gasteiger partial charge in [-0.1, -0.05) is 24.8 Å². The zero-order valence-electron chi connectivity index (χ0n) is 10.9. The van der Waals surface area contributed by atoms with Crippen molar-refractivity contribution in [2.45, 2.75) is 0 Å². The fourth-order valence-corrected chi connectivity index (χ4v) is 1.87. The molecule has 20 heavy (non-hydrogen) atoms. The number of sulfone groups is 1. The van der Waals surface area contributed by atoms with Crippen LogP contribution in [-0.4, -0.2) is 30.3 Å². The molecule has 0 fully saturated rings. The van der Waals surface area contributed by atoms with E-state index in [1.807, 2.05) is 24.3 Å². The third-order valence-corrected chi connectivity index (χ3v) is 3.55. The highest BCUT2D eigenvalue weighted by Crippen LogP contribution is 2.14. The Balaban J connectivity index is 2.60. The maximum Gasteiger partial charge on any atom is 0.192 e.